The number of hydrogen-bond acceptors (Lipinski definition) is 5. The fraction of sp³-hybridized carbons (Fsp3) is 0.375. The van der Waals surface area contributed by atoms with Crippen molar-refractivity contribution in [1.82, 2.24) is 0 Å². The van der Waals surface area contributed by atoms with Crippen molar-refractivity contribution in [2.75, 3.05) is 7.11 Å². The molecule has 5 heteroatoms. The van der Waals surface area contributed by atoms with Crippen LogP contribution in [0.2, 0.25) is 0 Å². The highest BCUT2D eigenvalue weighted by atomic mass is 16.6. The van der Waals surface area contributed by atoms with Gasteiger partial charge in [0.05, 0.1) is 7.11 Å². The van der Waals surface area contributed by atoms with Gasteiger partial charge >= 0.3 is 11.6 Å². The van der Waals surface area contributed by atoms with Crippen LogP contribution in [0, 0.1) is 20.8 Å². The second kappa shape index (κ2) is 5.60. The Balaban J connectivity index is 2.55. The third-order valence-electron chi connectivity index (χ3n) is 3.66. The lowest BCUT2D eigenvalue weighted by Crippen LogP contribution is -2.25. The van der Waals surface area contributed by atoms with Crippen LogP contribution in [0.5, 0.6) is 5.75 Å². The summed E-state index contributed by atoms with van der Waals surface area (Å²) in [5, 5.41) is 0.864. The lowest BCUT2D eigenvalue weighted by Gasteiger charge is -2.15. The largest absolute Gasteiger partial charge is 0.479 e. The van der Waals surface area contributed by atoms with Crippen LogP contribution in [-0.4, -0.2) is 19.2 Å². The number of hydrogen-bond donors (Lipinski definition) is 0. The number of benzene rings is 1. The van der Waals surface area contributed by atoms with Gasteiger partial charge in [0.15, 0.2) is 6.10 Å². The lowest BCUT2D eigenvalue weighted by atomic mass is 10.0. The zero-order valence-electron chi connectivity index (χ0n) is 12.8. The molecular weight excluding hydrogens is 272 g/mol. The lowest BCUT2D eigenvalue weighted by molar-refractivity contribution is -0.147. The average Bonchev–Trinajstić information content (AvgIpc) is 2.47. The highest BCUT2D eigenvalue weighted by molar-refractivity contribution is 5.85. The number of carbonyl (C=O) groups is 1. The first-order chi connectivity index (χ1) is 9.86. The zero-order valence-corrected chi connectivity index (χ0v) is 12.8. The van der Waals surface area contributed by atoms with Crippen molar-refractivity contribution in [3.05, 3.63) is 39.2 Å². The maximum Gasteiger partial charge on any atom is 0.346 e. The van der Waals surface area contributed by atoms with E-state index in [4.69, 9.17) is 9.15 Å². The van der Waals surface area contributed by atoms with Gasteiger partial charge in [-0.25, -0.2) is 9.59 Å². The van der Waals surface area contributed by atoms with Crippen molar-refractivity contribution in [3.63, 3.8) is 0 Å². The molecule has 0 saturated heterocycles. The number of fused-ring (bicyclic) bond motifs is 1. The number of rotatable bonds is 3. The van der Waals surface area contributed by atoms with E-state index < -0.39 is 12.1 Å². The standard InChI is InChI=1S/C16H18O5/c1-8-9(2)15(17)21-14-10(3)13(7-6-12(8)14)20-11(4)16(18)19-5/h6-7,11H,1-5H3/t11-/m1/s1. The van der Waals surface area contributed by atoms with Gasteiger partial charge in [-0.05, 0) is 45.4 Å². The Hall–Kier alpha value is -2.30. The maximum absolute atomic E-state index is 11.8. The summed E-state index contributed by atoms with van der Waals surface area (Å²) in [6, 6.07) is 3.59. The number of carbonyl (C=O) groups excluding carboxylic acids is 1. The average molecular weight is 290 g/mol. The molecule has 0 radical (unpaired) electrons. The minimum Gasteiger partial charge on any atom is -0.479 e. The second-order valence-electron chi connectivity index (χ2n) is 4.99. The molecule has 0 amide bonds. The first-order valence-corrected chi connectivity index (χ1v) is 6.65. The molecule has 0 aliphatic carbocycles. The van der Waals surface area contributed by atoms with Gasteiger partial charge < -0.3 is 13.9 Å². The first kappa shape index (κ1) is 15.1. The minimum absolute atomic E-state index is 0.360. The molecule has 0 N–H and O–H groups in total. The topological polar surface area (TPSA) is 65.7 Å². The van der Waals surface area contributed by atoms with Crippen molar-refractivity contribution in [2.45, 2.75) is 33.8 Å². The first-order valence-electron chi connectivity index (χ1n) is 6.65. The van der Waals surface area contributed by atoms with Crippen LogP contribution in [0.1, 0.15) is 23.6 Å². The van der Waals surface area contributed by atoms with E-state index in [-0.39, 0.29) is 5.63 Å². The molecule has 0 aliphatic heterocycles. The normalized spacial score (nSPS) is 12.2. The molecule has 1 aromatic heterocycles. The van der Waals surface area contributed by atoms with Gasteiger partial charge in [-0.2, -0.15) is 0 Å². The third-order valence-corrected chi connectivity index (χ3v) is 3.66. The van der Waals surface area contributed by atoms with Gasteiger partial charge in [0.25, 0.3) is 0 Å². The Bertz CT molecular complexity index is 757. The Labute approximate surface area is 122 Å². The van der Waals surface area contributed by atoms with Gasteiger partial charge in [0.2, 0.25) is 0 Å². The Kier molecular flexibility index (Phi) is 4.02. The van der Waals surface area contributed by atoms with E-state index in [9.17, 15) is 9.59 Å². The van der Waals surface area contributed by atoms with Crippen molar-refractivity contribution in [2.24, 2.45) is 0 Å². The van der Waals surface area contributed by atoms with E-state index in [1.807, 2.05) is 13.0 Å². The van der Waals surface area contributed by atoms with Crippen LogP contribution in [0.15, 0.2) is 21.3 Å². The summed E-state index contributed by atoms with van der Waals surface area (Å²) in [6.07, 6.45) is -0.732. The quantitative estimate of drug-likeness (QED) is 0.642. The Morgan fingerprint density at radius 3 is 2.43 bits per heavy atom. The molecule has 5 nitrogen and oxygen atoms in total. The van der Waals surface area contributed by atoms with Crippen LogP contribution in [0.25, 0.3) is 11.0 Å². The Morgan fingerprint density at radius 1 is 1.14 bits per heavy atom. The summed E-state index contributed by atoms with van der Waals surface area (Å²) >= 11 is 0. The van der Waals surface area contributed by atoms with Gasteiger partial charge in [-0.1, -0.05) is 0 Å². The summed E-state index contributed by atoms with van der Waals surface area (Å²) in [5.41, 5.74) is 2.29. The molecule has 2 rings (SSSR count). The molecular formula is C16H18O5. The van der Waals surface area contributed by atoms with Crippen molar-refractivity contribution < 1.29 is 18.7 Å². The van der Waals surface area contributed by atoms with Gasteiger partial charge in [-0.3, -0.25) is 0 Å². The summed E-state index contributed by atoms with van der Waals surface area (Å²) in [5.74, 6) is 0.0304. The van der Waals surface area contributed by atoms with Gasteiger partial charge in [0, 0.05) is 16.5 Å². The molecule has 0 aliphatic rings. The van der Waals surface area contributed by atoms with E-state index >= 15 is 0 Å². The van der Waals surface area contributed by atoms with Crippen molar-refractivity contribution in [3.8, 4) is 5.75 Å². The fourth-order valence-electron chi connectivity index (χ4n) is 2.16. The highest BCUT2D eigenvalue weighted by Gasteiger charge is 2.18. The van der Waals surface area contributed by atoms with Crippen LogP contribution in [-0.2, 0) is 9.53 Å². The number of methoxy groups -OCH3 is 1. The fourth-order valence-corrected chi connectivity index (χ4v) is 2.16. The van der Waals surface area contributed by atoms with E-state index in [1.165, 1.54) is 7.11 Å². The molecule has 1 atom stereocenters. The number of esters is 1. The number of aryl methyl sites for hydroxylation is 2. The highest BCUT2D eigenvalue weighted by Crippen LogP contribution is 2.29. The van der Waals surface area contributed by atoms with Crippen LogP contribution < -0.4 is 10.4 Å². The van der Waals surface area contributed by atoms with Gasteiger partial charge in [-0.15, -0.1) is 0 Å². The minimum atomic E-state index is -0.732. The van der Waals surface area contributed by atoms with E-state index in [2.05, 4.69) is 4.74 Å². The molecule has 112 valence electrons. The van der Waals surface area contributed by atoms with Crippen LogP contribution >= 0.6 is 0 Å². The summed E-state index contributed by atoms with van der Waals surface area (Å²) < 4.78 is 15.6. The molecule has 0 fully saturated rings. The Morgan fingerprint density at radius 2 is 1.81 bits per heavy atom. The smallest absolute Gasteiger partial charge is 0.346 e. The second-order valence-corrected chi connectivity index (χ2v) is 4.99. The maximum atomic E-state index is 11.8. The molecule has 0 bridgehead atoms. The van der Waals surface area contributed by atoms with Crippen molar-refractivity contribution in [1.29, 1.82) is 0 Å². The zero-order chi connectivity index (χ0) is 15.7. The monoisotopic (exact) mass is 290 g/mol. The van der Waals surface area contributed by atoms with Crippen LogP contribution in [0.3, 0.4) is 0 Å². The predicted molar refractivity (Wildman–Crippen MR) is 78.8 cm³/mol. The summed E-state index contributed by atoms with van der Waals surface area (Å²) in [4.78, 5) is 23.2. The molecule has 1 aromatic carbocycles. The van der Waals surface area contributed by atoms with Gasteiger partial charge in [0.1, 0.15) is 11.3 Å². The van der Waals surface area contributed by atoms with E-state index in [0.29, 0.717) is 22.5 Å². The SMILES string of the molecule is COC(=O)[C@@H](C)Oc1ccc2c(C)c(C)c(=O)oc2c1C. The predicted octanol–water partition coefficient (Wildman–Crippen LogP) is 2.66. The molecule has 0 spiro atoms. The molecule has 21 heavy (non-hydrogen) atoms. The van der Waals surface area contributed by atoms with Crippen molar-refractivity contribution >= 4 is 16.9 Å². The summed E-state index contributed by atoms with van der Waals surface area (Å²) in [6.45, 7) is 7.01. The molecule has 0 unspecified atom stereocenters. The number of ether oxygens (including phenoxy) is 2. The summed E-state index contributed by atoms with van der Waals surface area (Å²) in [7, 11) is 1.31. The molecule has 2 aromatic rings. The molecule has 1 heterocycles. The molecule has 0 saturated carbocycles. The van der Waals surface area contributed by atoms with Crippen LogP contribution in [0.4, 0.5) is 0 Å². The van der Waals surface area contributed by atoms with E-state index in [1.54, 1.807) is 26.8 Å². The van der Waals surface area contributed by atoms with E-state index in [0.717, 1.165) is 10.9 Å². The third kappa shape index (κ3) is 2.63.